The number of methoxy groups -OCH3 is 1. The SMILES string of the molecule is COC(=O)C1CN(C(=O)c2ccc(C(N)=O)cc2)CC1C. The fraction of sp³-hybridized carbons (Fsp3) is 0.400. The number of hydrogen-bond acceptors (Lipinski definition) is 4. The van der Waals surface area contributed by atoms with Gasteiger partial charge in [-0.05, 0) is 30.2 Å². The van der Waals surface area contributed by atoms with Crippen molar-refractivity contribution in [2.75, 3.05) is 20.2 Å². The van der Waals surface area contributed by atoms with Crippen LogP contribution in [-0.4, -0.2) is 42.9 Å². The van der Waals surface area contributed by atoms with Gasteiger partial charge in [-0.25, -0.2) is 0 Å². The molecule has 1 fully saturated rings. The van der Waals surface area contributed by atoms with E-state index in [2.05, 4.69) is 0 Å². The lowest BCUT2D eigenvalue weighted by Gasteiger charge is -2.16. The molecule has 2 atom stereocenters. The number of nitrogens with zero attached hydrogens (tertiary/aromatic N) is 1. The minimum atomic E-state index is -0.533. The van der Waals surface area contributed by atoms with Crippen LogP contribution in [0.15, 0.2) is 24.3 Å². The van der Waals surface area contributed by atoms with E-state index < -0.39 is 5.91 Å². The first kappa shape index (κ1) is 15.0. The molecule has 2 rings (SSSR count). The van der Waals surface area contributed by atoms with E-state index in [1.165, 1.54) is 19.2 Å². The van der Waals surface area contributed by atoms with Crippen LogP contribution >= 0.6 is 0 Å². The fourth-order valence-electron chi connectivity index (χ4n) is 2.55. The standard InChI is InChI=1S/C15H18N2O4/c1-9-7-17(8-12(9)15(20)21-2)14(19)11-5-3-10(4-6-11)13(16)18/h3-6,9,12H,7-8H2,1-2H3,(H2,16,18). The lowest BCUT2D eigenvalue weighted by atomic mass is 9.99. The molecule has 112 valence electrons. The van der Waals surface area contributed by atoms with Crippen LogP contribution in [0.4, 0.5) is 0 Å². The van der Waals surface area contributed by atoms with Crippen LogP contribution in [-0.2, 0) is 9.53 Å². The zero-order valence-electron chi connectivity index (χ0n) is 12.0. The number of nitrogens with two attached hydrogens (primary N) is 1. The number of ether oxygens (including phenoxy) is 1. The maximum Gasteiger partial charge on any atom is 0.310 e. The summed E-state index contributed by atoms with van der Waals surface area (Å²) in [7, 11) is 1.35. The van der Waals surface area contributed by atoms with Gasteiger partial charge in [0.1, 0.15) is 0 Å². The number of carbonyl (C=O) groups excluding carboxylic acids is 3. The highest BCUT2D eigenvalue weighted by atomic mass is 16.5. The molecule has 2 N–H and O–H groups in total. The van der Waals surface area contributed by atoms with E-state index in [1.807, 2.05) is 6.92 Å². The summed E-state index contributed by atoms with van der Waals surface area (Å²) in [5.41, 5.74) is 5.99. The number of carbonyl (C=O) groups is 3. The van der Waals surface area contributed by atoms with Crippen molar-refractivity contribution in [3.05, 3.63) is 35.4 Å². The average molecular weight is 290 g/mol. The number of likely N-dealkylation sites (tertiary alicyclic amines) is 1. The smallest absolute Gasteiger partial charge is 0.310 e. The first-order valence-electron chi connectivity index (χ1n) is 6.71. The number of esters is 1. The summed E-state index contributed by atoms with van der Waals surface area (Å²) in [6, 6.07) is 6.18. The number of hydrogen-bond donors (Lipinski definition) is 1. The van der Waals surface area contributed by atoms with Gasteiger partial charge in [0.2, 0.25) is 5.91 Å². The van der Waals surface area contributed by atoms with Crippen molar-refractivity contribution in [3.8, 4) is 0 Å². The van der Waals surface area contributed by atoms with E-state index in [9.17, 15) is 14.4 Å². The summed E-state index contributed by atoms with van der Waals surface area (Å²) in [5.74, 6) is -1.21. The Hall–Kier alpha value is -2.37. The Kier molecular flexibility index (Phi) is 4.26. The second-order valence-corrected chi connectivity index (χ2v) is 5.26. The van der Waals surface area contributed by atoms with Crippen LogP contribution in [0.3, 0.4) is 0 Å². The van der Waals surface area contributed by atoms with Gasteiger partial charge in [0.05, 0.1) is 13.0 Å². The molecule has 2 unspecified atom stereocenters. The average Bonchev–Trinajstić information content (AvgIpc) is 2.87. The van der Waals surface area contributed by atoms with E-state index in [-0.39, 0.29) is 23.7 Å². The van der Waals surface area contributed by atoms with Crippen molar-refractivity contribution in [1.29, 1.82) is 0 Å². The Morgan fingerprint density at radius 1 is 1.14 bits per heavy atom. The van der Waals surface area contributed by atoms with Crippen LogP contribution in [0.25, 0.3) is 0 Å². The summed E-state index contributed by atoms with van der Waals surface area (Å²) in [4.78, 5) is 36.7. The van der Waals surface area contributed by atoms with E-state index in [4.69, 9.17) is 10.5 Å². The molecule has 6 heteroatoms. The molecule has 0 radical (unpaired) electrons. The molecule has 1 heterocycles. The van der Waals surface area contributed by atoms with E-state index in [0.29, 0.717) is 24.2 Å². The molecule has 1 aliphatic heterocycles. The van der Waals surface area contributed by atoms with Crippen molar-refractivity contribution in [2.45, 2.75) is 6.92 Å². The quantitative estimate of drug-likeness (QED) is 0.828. The Morgan fingerprint density at radius 2 is 1.71 bits per heavy atom. The monoisotopic (exact) mass is 290 g/mol. The van der Waals surface area contributed by atoms with Crippen LogP contribution in [0.1, 0.15) is 27.6 Å². The molecule has 0 saturated carbocycles. The molecule has 6 nitrogen and oxygen atoms in total. The molecule has 0 aliphatic carbocycles. The maximum atomic E-state index is 12.4. The summed E-state index contributed by atoms with van der Waals surface area (Å²) in [6.07, 6.45) is 0. The van der Waals surface area contributed by atoms with Gasteiger partial charge in [0.25, 0.3) is 5.91 Å². The summed E-state index contributed by atoms with van der Waals surface area (Å²) >= 11 is 0. The molecule has 2 amide bonds. The number of benzene rings is 1. The van der Waals surface area contributed by atoms with E-state index in [1.54, 1.807) is 17.0 Å². The van der Waals surface area contributed by atoms with Gasteiger partial charge >= 0.3 is 5.97 Å². The predicted molar refractivity (Wildman–Crippen MR) is 75.5 cm³/mol. The number of amides is 2. The molecule has 0 bridgehead atoms. The highest BCUT2D eigenvalue weighted by Gasteiger charge is 2.37. The third-order valence-electron chi connectivity index (χ3n) is 3.82. The molecule has 1 aromatic carbocycles. The fourth-order valence-corrected chi connectivity index (χ4v) is 2.55. The first-order valence-corrected chi connectivity index (χ1v) is 6.71. The largest absolute Gasteiger partial charge is 0.469 e. The zero-order chi connectivity index (χ0) is 15.6. The molecular formula is C15H18N2O4. The van der Waals surface area contributed by atoms with Crippen molar-refractivity contribution in [3.63, 3.8) is 0 Å². The molecule has 1 aromatic rings. The minimum Gasteiger partial charge on any atom is -0.469 e. The minimum absolute atomic E-state index is 0.0614. The molecule has 1 aliphatic rings. The second kappa shape index (κ2) is 5.95. The molecular weight excluding hydrogens is 272 g/mol. The Balaban J connectivity index is 2.10. The Labute approximate surface area is 122 Å². The topological polar surface area (TPSA) is 89.7 Å². The van der Waals surface area contributed by atoms with Gasteiger partial charge in [-0.3, -0.25) is 14.4 Å². The maximum absolute atomic E-state index is 12.4. The number of primary amides is 1. The lowest BCUT2D eigenvalue weighted by Crippen LogP contribution is -2.30. The Morgan fingerprint density at radius 3 is 2.24 bits per heavy atom. The van der Waals surface area contributed by atoms with E-state index >= 15 is 0 Å². The normalized spacial score (nSPS) is 21.1. The van der Waals surface area contributed by atoms with Crippen LogP contribution in [0, 0.1) is 11.8 Å². The third kappa shape index (κ3) is 3.04. The van der Waals surface area contributed by atoms with Gasteiger partial charge in [-0.15, -0.1) is 0 Å². The van der Waals surface area contributed by atoms with Gasteiger partial charge in [0, 0.05) is 24.2 Å². The number of rotatable bonds is 3. The summed E-state index contributed by atoms with van der Waals surface area (Å²) < 4.78 is 4.75. The van der Waals surface area contributed by atoms with Crippen molar-refractivity contribution >= 4 is 17.8 Å². The van der Waals surface area contributed by atoms with Crippen LogP contribution in [0.2, 0.25) is 0 Å². The van der Waals surface area contributed by atoms with Gasteiger partial charge in [-0.2, -0.15) is 0 Å². The zero-order valence-corrected chi connectivity index (χ0v) is 12.0. The highest BCUT2D eigenvalue weighted by molar-refractivity contribution is 5.97. The molecule has 0 spiro atoms. The third-order valence-corrected chi connectivity index (χ3v) is 3.82. The second-order valence-electron chi connectivity index (χ2n) is 5.26. The van der Waals surface area contributed by atoms with Crippen molar-refractivity contribution in [1.82, 2.24) is 4.90 Å². The molecule has 0 aromatic heterocycles. The highest BCUT2D eigenvalue weighted by Crippen LogP contribution is 2.25. The van der Waals surface area contributed by atoms with Crippen molar-refractivity contribution < 1.29 is 19.1 Å². The molecule has 1 saturated heterocycles. The van der Waals surface area contributed by atoms with Crippen LogP contribution < -0.4 is 5.73 Å². The predicted octanol–water partition coefficient (Wildman–Crippen LogP) is 0.667. The lowest BCUT2D eigenvalue weighted by molar-refractivity contribution is -0.146. The van der Waals surface area contributed by atoms with Crippen LogP contribution in [0.5, 0.6) is 0 Å². The van der Waals surface area contributed by atoms with Gasteiger partial charge < -0.3 is 15.4 Å². The van der Waals surface area contributed by atoms with Crippen molar-refractivity contribution in [2.24, 2.45) is 17.6 Å². The molecule has 21 heavy (non-hydrogen) atoms. The summed E-state index contributed by atoms with van der Waals surface area (Å²) in [5, 5.41) is 0. The Bertz CT molecular complexity index is 568. The summed E-state index contributed by atoms with van der Waals surface area (Å²) in [6.45, 7) is 2.78. The first-order chi connectivity index (χ1) is 9.93. The van der Waals surface area contributed by atoms with E-state index in [0.717, 1.165) is 0 Å². The van der Waals surface area contributed by atoms with Gasteiger partial charge in [0.15, 0.2) is 0 Å². The van der Waals surface area contributed by atoms with Gasteiger partial charge in [-0.1, -0.05) is 6.92 Å².